The number of rotatable bonds is 7. The third-order valence-corrected chi connectivity index (χ3v) is 5.33. The topological polar surface area (TPSA) is 0 Å². The van der Waals surface area contributed by atoms with Gasteiger partial charge in [-0.25, -0.2) is 0 Å². The van der Waals surface area contributed by atoms with E-state index in [0.717, 1.165) is 5.66 Å². The summed E-state index contributed by atoms with van der Waals surface area (Å²) in [6, 6.07) is 0. The van der Waals surface area contributed by atoms with Gasteiger partial charge >= 0.3 is 0 Å². The lowest BCUT2D eigenvalue weighted by molar-refractivity contribution is 0.510. The lowest BCUT2D eigenvalue weighted by Gasteiger charge is -2.18. The molecule has 0 heterocycles. The van der Waals surface area contributed by atoms with E-state index in [0.29, 0.717) is 0 Å². The van der Waals surface area contributed by atoms with Crippen LogP contribution in [0.2, 0.25) is 0 Å². The fraction of sp³-hybridized carbons (Fsp3) is 1.00. The molecule has 0 amide bonds. The van der Waals surface area contributed by atoms with Crippen LogP contribution in [0.15, 0.2) is 0 Å². The predicted octanol–water partition coefficient (Wildman–Crippen LogP) is 6.02. The third-order valence-electron chi connectivity index (χ3n) is 3.72. The molecule has 0 atom stereocenters. The number of hydrogen-bond donors (Lipinski definition) is 0. The van der Waals surface area contributed by atoms with Gasteiger partial charge in [0, 0.05) is 0 Å². The molecule has 1 saturated carbocycles. The monoisotopic (exact) mass is 241 g/mol. The fourth-order valence-electron chi connectivity index (χ4n) is 2.61. The van der Waals surface area contributed by atoms with E-state index in [1.54, 1.807) is 8.58 Å². The second-order valence-corrected chi connectivity index (χ2v) is 6.86. The van der Waals surface area contributed by atoms with Crippen molar-refractivity contribution < 1.29 is 0 Å². The fourth-order valence-corrected chi connectivity index (χ4v) is 4.11. The van der Waals surface area contributed by atoms with Crippen molar-refractivity contribution in [1.29, 1.82) is 0 Å². The van der Waals surface area contributed by atoms with Crippen LogP contribution in [0, 0.1) is 0 Å². The van der Waals surface area contributed by atoms with E-state index >= 15 is 0 Å². The maximum atomic E-state index is 2.30. The Kier molecular flexibility index (Phi) is 9.58. The summed E-state index contributed by atoms with van der Waals surface area (Å²) in [5.41, 5.74) is 1.06. The van der Waals surface area contributed by atoms with Gasteiger partial charge in [0.15, 0.2) is 0 Å². The molecule has 1 aliphatic carbocycles. The van der Waals surface area contributed by atoms with Crippen molar-refractivity contribution in [3.05, 3.63) is 0 Å². The van der Waals surface area contributed by atoms with Crippen molar-refractivity contribution >= 4 is 8.58 Å². The minimum absolute atomic E-state index is 1.06. The Morgan fingerprint density at radius 1 is 0.812 bits per heavy atom. The summed E-state index contributed by atoms with van der Waals surface area (Å²) in [7, 11) is 1.78. The normalized spacial score (nSPS) is 20.1. The molecule has 0 saturated heterocycles. The van der Waals surface area contributed by atoms with Crippen molar-refractivity contribution in [1.82, 2.24) is 0 Å². The zero-order valence-electron chi connectivity index (χ0n) is 11.2. The van der Waals surface area contributed by atoms with Gasteiger partial charge in [-0.3, -0.25) is 0 Å². The molecule has 0 aliphatic heterocycles. The smallest absolute Gasteiger partial charge is 0.0170 e. The molecule has 1 fully saturated rings. The van der Waals surface area contributed by atoms with E-state index in [1.807, 2.05) is 0 Å². The predicted molar refractivity (Wildman–Crippen MR) is 76.7 cm³/mol. The molecule has 1 heteroatoms. The maximum Gasteiger partial charge on any atom is -0.0170 e. The van der Waals surface area contributed by atoms with E-state index in [2.05, 4.69) is 6.92 Å². The van der Waals surface area contributed by atoms with E-state index in [-0.39, 0.29) is 0 Å². The number of unbranched alkanes of at least 4 members (excludes halogenated alkanes) is 4. The van der Waals surface area contributed by atoms with E-state index in [9.17, 15) is 0 Å². The van der Waals surface area contributed by atoms with Crippen LogP contribution in [0.4, 0.5) is 0 Å². The van der Waals surface area contributed by atoms with Crippen molar-refractivity contribution in [2.24, 2.45) is 0 Å². The van der Waals surface area contributed by atoms with Crippen LogP contribution in [-0.2, 0) is 0 Å². The standard InChI is InChI=1S/C15H30P/c1-2-3-4-8-11-14-16-15-12-9-6-5-7-10-13-15/h15H,2-14H2,1H3. The highest BCUT2D eigenvalue weighted by molar-refractivity contribution is 7.38. The minimum Gasteiger partial charge on any atom is -0.0775 e. The van der Waals surface area contributed by atoms with Gasteiger partial charge < -0.3 is 0 Å². The minimum atomic E-state index is 1.06. The van der Waals surface area contributed by atoms with Crippen LogP contribution in [0.5, 0.6) is 0 Å². The molecular formula is C15H30P. The van der Waals surface area contributed by atoms with Gasteiger partial charge in [0.2, 0.25) is 0 Å². The van der Waals surface area contributed by atoms with Gasteiger partial charge in [0.1, 0.15) is 0 Å². The molecule has 0 N–H and O–H groups in total. The van der Waals surface area contributed by atoms with Gasteiger partial charge in [-0.1, -0.05) is 73.3 Å². The lowest BCUT2D eigenvalue weighted by Crippen LogP contribution is -2.04. The van der Waals surface area contributed by atoms with E-state index in [1.165, 1.54) is 83.2 Å². The zero-order valence-corrected chi connectivity index (χ0v) is 12.1. The summed E-state index contributed by atoms with van der Waals surface area (Å²) < 4.78 is 0. The van der Waals surface area contributed by atoms with Crippen molar-refractivity contribution in [3.8, 4) is 0 Å². The molecule has 16 heavy (non-hydrogen) atoms. The first-order chi connectivity index (χ1) is 7.93. The van der Waals surface area contributed by atoms with Crippen LogP contribution in [0.25, 0.3) is 0 Å². The molecule has 1 aliphatic rings. The Bertz CT molecular complexity index is 136. The first-order valence-corrected chi connectivity index (χ1v) is 8.75. The summed E-state index contributed by atoms with van der Waals surface area (Å²) in [4.78, 5) is 0. The Hall–Kier alpha value is 0.430. The molecule has 0 aromatic heterocycles. The van der Waals surface area contributed by atoms with Gasteiger partial charge in [0.05, 0.1) is 0 Å². The van der Waals surface area contributed by atoms with Crippen LogP contribution >= 0.6 is 8.58 Å². The van der Waals surface area contributed by atoms with Crippen molar-refractivity contribution in [2.75, 3.05) is 6.16 Å². The highest BCUT2D eigenvalue weighted by Gasteiger charge is 2.10. The van der Waals surface area contributed by atoms with E-state index < -0.39 is 0 Å². The highest BCUT2D eigenvalue weighted by atomic mass is 31.1. The number of hydrogen-bond acceptors (Lipinski definition) is 0. The summed E-state index contributed by atoms with van der Waals surface area (Å²) >= 11 is 0. The van der Waals surface area contributed by atoms with Crippen LogP contribution in [0.1, 0.15) is 84.0 Å². The Morgan fingerprint density at radius 3 is 2.12 bits per heavy atom. The average molecular weight is 241 g/mol. The highest BCUT2D eigenvalue weighted by Crippen LogP contribution is 2.31. The third kappa shape index (κ3) is 7.66. The second-order valence-electron chi connectivity index (χ2n) is 5.32. The molecule has 0 bridgehead atoms. The quantitative estimate of drug-likeness (QED) is 0.378. The molecule has 1 rings (SSSR count). The molecular weight excluding hydrogens is 211 g/mol. The van der Waals surface area contributed by atoms with Gasteiger partial charge in [0.25, 0.3) is 0 Å². The van der Waals surface area contributed by atoms with Crippen LogP contribution in [0.3, 0.4) is 0 Å². The molecule has 95 valence electrons. The molecule has 0 nitrogen and oxygen atoms in total. The van der Waals surface area contributed by atoms with Gasteiger partial charge in [-0.15, -0.1) is 0 Å². The average Bonchev–Trinajstić information content (AvgIpc) is 2.25. The van der Waals surface area contributed by atoms with Gasteiger partial charge in [-0.2, -0.15) is 0 Å². The first kappa shape index (κ1) is 14.5. The maximum absolute atomic E-state index is 2.30. The summed E-state index contributed by atoms with van der Waals surface area (Å²) in [5.74, 6) is 0. The molecule has 0 aromatic carbocycles. The second kappa shape index (κ2) is 10.6. The zero-order chi connectivity index (χ0) is 11.5. The Morgan fingerprint density at radius 2 is 1.44 bits per heavy atom. The summed E-state index contributed by atoms with van der Waals surface area (Å²) in [6.07, 6.45) is 19.3. The van der Waals surface area contributed by atoms with Crippen molar-refractivity contribution in [3.63, 3.8) is 0 Å². The lowest BCUT2D eigenvalue weighted by atomic mass is 10.0. The molecule has 1 radical (unpaired) electrons. The SMILES string of the molecule is CCCCCCC[P]C1CCCCCCC1. The van der Waals surface area contributed by atoms with Gasteiger partial charge in [-0.05, 0) is 31.1 Å². The van der Waals surface area contributed by atoms with E-state index in [4.69, 9.17) is 0 Å². The Balaban J connectivity index is 1.93. The summed E-state index contributed by atoms with van der Waals surface area (Å²) in [5, 5.41) is 0. The van der Waals surface area contributed by atoms with Crippen molar-refractivity contribution in [2.45, 2.75) is 89.6 Å². The largest absolute Gasteiger partial charge is 0.0775 e. The summed E-state index contributed by atoms with van der Waals surface area (Å²) in [6.45, 7) is 2.30. The Labute approximate surface area is 105 Å². The molecule has 0 spiro atoms. The first-order valence-electron chi connectivity index (χ1n) is 7.60. The van der Waals surface area contributed by atoms with Crippen LogP contribution in [-0.4, -0.2) is 11.8 Å². The molecule has 0 unspecified atom stereocenters. The molecule has 0 aromatic rings. The van der Waals surface area contributed by atoms with Crippen LogP contribution < -0.4 is 0 Å².